The molecule has 3 aromatic rings. The van der Waals surface area contributed by atoms with E-state index in [0.29, 0.717) is 29.2 Å². The van der Waals surface area contributed by atoms with Crippen molar-refractivity contribution in [3.05, 3.63) is 81.1 Å². The first-order chi connectivity index (χ1) is 13.4. The quantitative estimate of drug-likeness (QED) is 0.659. The third kappa shape index (κ3) is 5.23. The van der Waals surface area contributed by atoms with Gasteiger partial charge in [-0.15, -0.1) is 11.3 Å². The fraction of sp³-hybridized carbons (Fsp3) is 0.190. The number of aromatic nitrogens is 1. The molecule has 0 aliphatic heterocycles. The Bertz CT molecular complexity index is 999. The summed E-state index contributed by atoms with van der Waals surface area (Å²) in [6.45, 7) is 3.60. The summed E-state index contributed by atoms with van der Waals surface area (Å²) in [6.07, 6.45) is 0.553. The molecule has 0 aliphatic carbocycles. The predicted molar refractivity (Wildman–Crippen MR) is 108 cm³/mol. The Morgan fingerprint density at radius 1 is 1.11 bits per heavy atom. The van der Waals surface area contributed by atoms with E-state index in [9.17, 15) is 14.0 Å². The highest BCUT2D eigenvalue weighted by atomic mass is 32.1. The summed E-state index contributed by atoms with van der Waals surface area (Å²) in [5.74, 6) is -0.609. The van der Waals surface area contributed by atoms with Crippen molar-refractivity contribution < 1.29 is 14.0 Å². The summed E-state index contributed by atoms with van der Waals surface area (Å²) in [7, 11) is 0. The van der Waals surface area contributed by atoms with Crippen LogP contribution in [0.25, 0.3) is 0 Å². The number of benzene rings is 2. The molecule has 0 bridgehead atoms. The van der Waals surface area contributed by atoms with E-state index in [-0.39, 0.29) is 17.6 Å². The van der Waals surface area contributed by atoms with Gasteiger partial charge >= 0.3 is 0 Å². The molecule has 0 aliphatic rings. The van der Waals surface area contributed by atoms with Gasteiger partial charge < -0.3 is 10.6 Å². The van der Waals surface area contributed by atoms with E-state index in [4.69, 9.17) is 0 Å². The normalized spacial score (nSPS) is 10.5. The zero-order valence-corrected chi connectivity index (χ0v) is 16.4. The van der Waals surface area contributed by atoms with Crippen molar-refractivity contribution in [2.75, 3.05) is 5.32 Å². The van der Waals surface area contributed by atoms with Gasteiger partial charge in [-0.2, -0.15) is 0 Å². The van der Waals surface area contributed by atoms with Gasteiger partial charge in [-0.05, 0) is 42.3 Å². The average molecular weight is 397 g/mol. The zero-order chi connectivity index (χ0) is 20.1. The number of nitrogens with zero attached hydrogens (tertiary/aromatic N) is 1. The number of thiazole rings is 1. The molecular formula is C21H20FN3O2S. The van der Waals surface area contributed by atoms with Crippen LogP contribution in [-0.2, 0) is 17.8 Å². The maximum absolute atomic E-state index is 13.0. The van der Waals surface area contributed by atoms with Crippen LogP contribution >= 0.6 is 11.3 Å². The molecule has 28 heavy (non-hydrogen) atoms. The van der Waals surface area contributed by atoms with Gasteiger partial charge in [-0.25, -0.2) is 9.37 Å². The molecule has 7 heteroatoms. The summed E-state index contributed by atoms with van der Waals surface area (Å²) < 4.78 is 13.0. The number of aryl methyl sites for hydroxylation is 1. The molecule has 3 rings (SSSR count). The van der Waals surface area contributed by atoms with E-state index in [1.54, 1.807) is 25.1 Å². The van der Waals surface area contributed by atoms with E-state index >= 15 is 0 Å². The van der Waals surface area contributed by atoms with Crippen molar-refractivity contribution in [2.45, 2.75) is 26.8 Å². The van der Waals surface area contributed by atoms with Gasteiger partial charge in [0.25, 0.3) is 5.91 Å². The minimum atomic E-state index is -0.276. The molecule has 0 spiro atoms. The van der Waals surface area contributed by atoms with E-state index in [2.05, 4.69) is 15.6 Å². The predicted octanol–water partition coefficient (Wildman–Crippen LogP) is 4.07. The number of carbonyl (C=O) groups is 2. The largest absolute Gasteiger partial charge is 0.347 e. The van der Waals surface area contributed by atoms with Gasteiger partial charge in [0.05, 0.1) is 10.7 Å². The second-order valence-electron chi connectivity index (χ2n) is 6.39. The fourth-order valence-electron chi connectivity index (χ4n) is 2.74. The lowest BCUT2D eigenvalue weighted by molar-refractivity contribution is -0.114. The third-order valence-electron chi connectivity index (χ3n) is 4.02. The Morgan fingerprint density at radius 3 is 2.57 bits per heavy atom. The summed E-state index contributed by atoms with van der Waals surface area (Å²) in [5, 5.41) is 6.42. The van der Waals surface area contributed by atoms with Crippen molar-refractivity contribution in [3.63, 3.8) is 0 Å². The second kappa shape index (κ2) is 8.75. The van der Waals surface area contributed by atoms with Crippen molar-refractivity contribution in [1.29, 1.82) is 0 Å². The van der Waals surface area contributed by atoms with Crippen LogP contribution in [0.4, 0.5) is 10.1 Å². The average Bonchev–Trinajstić information content (AvgIpc) is 3.02. The first-order valence-electron chi connectivity index (χ1n) is 8.76. The Morgan fingerprint density at radius 2 is 1.86 bits per heavy atom. The van der Waals surface area contributed by atoms with Crippen LogP contribution in [0.3, 0.4) is 0 Å². The zero-order valence-electron chi connectivity index (χ0n) is 15.6. The molecule has 0 saturated heterocycles. The molecule has 2 aromatic carbocycles. The topological polar surface area (TPSA) is 71.1 Å². The molecule has 1 aromatic heterocycles. The molecular weight excluding hydrogens is 377 g/mol. The second-order valence-corrected chi connectivity index (χ2v) is 7.47. The van der Waals surface area contributed by atoms with Crippen LogP contribution in [-0.4, -0.2) is 16.8 Å². The molecule has 0 atom stereocenters. The lowest BCUT2D eigenvalue weighted by Gasteiger charge is -2.07. The maximum atomic E-state index is 13.0. The lowest BCUT2D eigenvalue weighted by atomic mass is 10.1. The Kier molecular flexibility index (Phi) is 6.16. The molecule has 144 valence electrons. The molecule has 2 amide bonds. The van der Waals surface area contributed by atoms with Crippen LogP contribution in [0.2, 0.25) is 0 Å². The van der Waals surface area contributed by atoms with Crippen LogP contribution < -0.4 is 10.6 Å². The molecule has 0 saturated carbocycles. The van der Waals surface area contributed by atoms with E-state index in [1.807, 2.05) is 18.2 Å². The Labute approximate surface area is 166 Å². The van der Waals surface area contributed by atoms with Crippen molar-refractivity contribution in [2.24, 2.45) is 0 Å². The SMILES string of the molecule is CC(=O)Nc1cccc(CNC(=O)c2sc(Cc3ccc(F)cc3)nc2C)c1. The number of carbonyl (C=O) groups excluding carboxylic acids is 2. The molecule has 0 unspecified atom stereocenters. The number of anilines is 1. The highest BCUT2D eigenvalue weighted by Gasteiger charge is 2.15. The third-order valence-corrected chi connectivity index (χ3v) is 5.17. The smallest absolute Gasteiger partial charge is 0.263 e. The minimum absolute atomic E-state index is 0.143. The summed E-state index contributed by atoms with van der Waals surface area (Å²) >= 11 is 1.34. The van der Waals surface area contributed by atoms with Gasteiger partial charge in [0.1, 0.15) is 10.7 Å². The standard InChI is InChI=1S/C21H20FN3O2S/c1-13-20(28-19(24-13)11-15-6-8-17(22)9-7-15)21(27)23-12-16-4-3-5-18(10-16)25-14(2)26/h3-10H,11-12H2,1-2H3,(H,23,27)(H,25,26). The molecule has 0 radical (unpaired) electrons. The van der Waals surface area contributed by atoms with Crippen molar-refractivity contribution in [1.82, 2.24) is 10.3 Å². The fourth-order valence-corrected chi connectivity index (χ4v) is 3.76. The molecule has 1 heterocycles. The Balaban J connectivity index is 1.64. The number of hydrogen-bond donors (Lipinski definition) is 2. The maximum Gasteiger partial charge on any atom is 0.263 e. The van der Waals surface area contributed by atoms with Crippen LogP contribution in [0.1, 0.15) is 38.4 Å². The van der Waals surface area contributed by atoms with E-state index in [1.165, 1.54) is 30.4 Å². The first kappa shape index (κ1) is 19.7. The van der Waals surface area contributed by atoms with E-state index < -0.39 is 0 Å². The van der Waals surface area contributed by atoms with Crippen molar-refractivity contribution >= 4 is 28.8 Å². The van der Waals surface area contributed by atoms with Crippen molar-refractivity contribution in [3.8, 4) is 0 Å². The van der Waals surface area contributed by atoms with Crippen LogP contribution in [0, 0.1) is 12.7 Å². The molecule has 5 nitrogen and oxygen atoms in total. The minimum Gasteiger partial charge on any atom is -0.347 e. The van der Waals surface area contributed by atoms with Gasteiger partial charge in [-0.1, -0.05) is 24.3 Å². The molecule has 2 N–H and O–H groups in total. The van der Waals surface area contributed by atoms with Gasteiger partial charge in [-0.3, -0.25) is 9.59 Å². The van der Waals surface area contributed by atoms with Gasteiger partial charge in [0.15, 0.2) is 0 Å². The monoisotopic (exact) mass is 397 g/mol. The summed E-state index contributed by atoms with van der Waals surface area (Å²) in [6, 6.07) is 13.6. The van der Waals surface area contributed by atoms with Gasteiger partial charge in [0, 0.05) is 25.6 Å². The highest BCUT2D eigenvalue weighted by molar-refractivity contribution is 7.13. The molecule has 0 fully saturated rings. The number of halogens is 1. The van der Waals surface area contributed by atoms with Gasteiger partial charge in [0.2, 0.25) is 5.91 Å². The summed E-state index contributed by atoms with van der Waals surface area (Å²) in [4.78, 5) is 28.7. The Hall–Kier alpha value is -3.06. The number of rotatable bonds is 6. The van der Waals surface area contributed by atoms with E-state index in [0.717, 1.165) is 16.1 Å². The van der Waals surface area contributed by atoms with Crippen LogP contribution in [0.5, 0.6) is 0 Å². The lowest BCUT2D eigenvalue weighted by Crippen LogP contribution is -2.22. The number of hydrogen-bond acceptors (Lipinski definition) is 4. The highest BCUT2D eigenvalue weighted by Crippen LogP contribution is 2.21. The number of amides is 2. The summed E-state index contributed by atoms with van der Waals surface area (Å²) in [5.41, 5.74) is 3.19. The first-order valence-corrected chi connectivity index (χ1v) is 9.58. The van der Waals surface area contributed by atoms with Crippen LogP contribution in [0.15, 0.2) is 48.5 Å². The number of nitrogens with one attached hydrogen (secondary N) is 2.